The highest BCUT2D eigenvalue weighted by Gasteiger charge is 2.15. The molecule has 0 unspecified atom stereocenters. The molecule has 3 N–H and O–H groups in total. The van der Waals surface area contributed by atoms with Crippen LogP contribution in [-0.2, 0) is 16.4 Å². The van der Waals surface area contributed by atoms with Gasteiger partial charge in [-0.15, -0.1) is 11.3 Å². The van der Waals surface area contributed by atoms with Gasteiger partial charge >= 0.3 is 0 Å². The zero-order valence-corrected chi connectivity index (χ0v) is 11.7. The van der Waals surface area contributed by atoms with Crippen molar-refractivity contribution in [1.82, 2.24) is 4.72 Å². The summed E-state index contributed by atoms with van der Waals surface area (Å²) in [5.41, 5.74) is 6.51. The maximum absolute atomic E-state index is 11.9. The van der Waals surface area contributed by atoms with Crippen LogP contribution in [0.25, 0.3) is 0 Å². The maximum atomic E-state index is 11.9. The highest BCUT2D eigenvalue weighted by atomic mass is 32.2. The van der Waals surface area contributed by atoms with Crippen molar-refractivity contribution in [2.45, 2.75) is 24.5 Å². The number of allylic oxidation sites excluding steroid dienone is 1. The van der Waals surface area contributed by atoms with Gasteiger partial charge in [-0.25, -0.2) is 13.1 Å². The Morgan fingerprint density at radius 1 is 1.47 bits per heavy atom. The molecule has 4 nitrogen and oxygen atoms in total. The van der Waals surface area contributed by atoms with Crippen molar-refractivity contribution in [1.29, 1.82) is 0 Å². The summed E-state index contributed by atoms with van der Waals surface area (Å²) >= 11 is 1.27. The van der Waals surface area contributed by atoms with E-state index < -0.39 is 10.0 Å². The third-order valence-corrected chi connectivity index (χ3v) is 5.14. The largest absolute Gasteiger partial charge is 0.330 e. The van der Waals surface area contributed by atoms with Gasteiger partial charge in [0.25, 0.3) is 0 Å². The molecule has 0 spiro atoms. The van der Waals surface area contributed by atoms with Crippen molar-refractivity contribution in [3.05, 3.63) is 28.7 Å². The minimum Gasteiger partial charge on any atom is -0.330 e. The van der Waals surface area contributed by atoms with E-state index >= 15 is 0 Å². The summed E-state index contributed by atoms with van der Waals surface area (Å²) in [7, 11) is -3.37. The number of nitrogens with two attached hydrogens (primary N) is 1. The summed E-state index contributed by atoms with van der Waals surface area (Å²) in [5, 5.41) is 0. The van der Waals surface area contributed by atoms with Crippen LogP contribution in [0.5, 0.6) is 0 Å². The van der Waals surface area contributed by atoms with E-state index in [2.05, 4.69) is 4.72 Å². The minimum absolute atomic E-state index is 0.328. The molecule has 0 bridgehead atoms. The van der Waals surface area contributed by atoms with E-state index in [9.17, 15) is 8.42 Å². The second-order valence-electron chi connectivity index (χ2n) is 3.89. The van der Waals surface area contributed by atoms with Gasteiger partial charge in [0.2, 0.25) is 10.0 Å². The Bertz CT molecular complexity index is 485. The van der Waals surface area contributed by atoms with Gasteiger partial charge < -0.3 is 5.73 Å². The average Bonchev–Trinajstić information content (AvgIpc) is 2.66. The molecule has 0 fully saturated rings. The molecular weight excluding hydrogens is 256 g/mol. The van der Waals surface area contributed by atoms with E-state index in [1.54, 1.807) is 6.07 Å². The lowest BCUT2D eigenvalue weighted by Crippen LogP contribution is -2.23. The fraction of sp³-hybridized carbons (Fsp3) is 0.455. The Balaban J connectivity index is 2.72. The van der Waals surface area contributed by atoms with Crippen molar-refractivity contribution in [2.24, 2.45) is 5.73 Å². The summed E-state index contributed by atoms with van der Waals surface area (Å²) < 4.78 is 26.6. The smallest absolute Gasteiger partial charge is 0.250 e. The number of nitrogens with one attached hydrogen (secondary N) is 1. The summed E-state index contributed by atoms with van der Waals surface area (Å²) in [6.45, 7) is 4.72. The van der Waals surface area contributed by atoms with E-state index in [-0.39, 0.29) is 0 Å². The van der Waals surface area contributed by atoms with E-state index in [4.69, 9.17) is 5.73 Å². The second kappa shape index (κ2) is 6.30. The van der Waals surface area contributed by atoms with Crippen molar-refractivity contribution in [2.75, 3.05) is 13.1 Å². The SMILES string of the molecule is CC(C)=CCNS(=O)(=O)c1ccc(CCN)s1. The zero-order chi connectivity index (χ0) is 12.9. The molecule has 0 aliphatic rings. The number of hydrogen-bond donors (Lipinski definition) is 2. The third kappa shape index (κ3) is 4.59. The van der Waals surface area contributed by atoms with Gasteiger partial charge in [-0.3, -0.25) is 0 Å². The fourth-order valence-corrected chi connectivity index (χ4v) is 3.59. The van der Waals surface area contributed by atoms with Crippen LogP contribution >= 0.6 is 11.3 Å². The molecule has 0 saturated heterocycles. The lowest BCUT2D eigenvalue weighted by Gasteiger charge is -2.01. The van der Waals surface area contributed by atoms with Crippen molar-refractivity contribution in [3.8, 4) is 0 Å². The zero-order valence-electron chi connectivity index (χ0n) is 10.1. The Morgan fingerprint density at radius 2 is 2.18 bits per heavy atom. The molecule has 0 radical (unpaired) electrons. The van der Waals surface area contributed by atoms with E-state index in [0.717, 1.165) is 10.5 Å². The summed E-state index contributed by atoms with van der Waals surface area (Å²) in [6, 6.07) is 3.44. The summed E-state index contributed by atoms with van der Waals surface area (Å²) in [5.74, 6) is 0. The molecule has 17 heavy (non-hydrogen) atoms. The minimum atomic E-state index is -3.37. The number of rotatable bonds is 6. The number of sulfonamides is 1. The van der Waals surface area contributed by atoms with Gasteiger partial charge in [0.1, 0.15) is 4.21 Å². The molecule has 1 heterocycles. The first kappa shape index (κ1) is 14.4. The maximum Gasteiger partial charge on any atom is 0.250 e. The number of hydrogen-bond acceptors (Lipinski definition) is 4. The lowest BCUT2D eigenvalue weighted by molar-refractivity contribution is 0.587. The van der Waals surface area contributed by atoms with Crippen LogP contribution in [0.1, 0.15) is 18.7 Å². The predicted octanol–water partition coefficient (Wildman–Crippen LogP) is 1.49. The van der Waals surface area contributed by atoms with E-state index in [0.29, 0.717) is 23.7 Å². The first-order valence-corrected chi connectivity index (χ1v) is 7.67. The molecule has 0 aliphatic carbocycles. The Kier molecular flexibility index (Phi) is 5.32. The fourth-order valence-electron chi connectivity index (χ4n) is 1.21. The average molecular weight is 274 g/mol. The van der Waals surface area contributed by atoms with Crippen LogP contribution < -0.4 is 10.5 Å². The van der Waals surface area contributed by atoms with E-state index in [1.165, 1.54) is 11.3 Å². The normalized spacial score (nSPS) is 11.5. The molecule has 6 heteroatoms. The predicted molar refractivity (Wildman–Crippen MR) is 71.7 cm³/mol. The van der Waals surface area contributed by atoms with Crippen LogP contribution in [-0.4, -0.2) is 21.5 Å². The van der Waals surface area contributed by atoms with Gasteiger partial charge in [-0.05, 0) is 38.9 Å². The van der Waals surface area contributed by atoms with Crippen LogP contribution in [0.15, 0.2) is 28.0 Å². The van der Waals surface area contributed by atoms with E-state index in [1.807, 2.05) is 26.0 Å². The van der Waals surface area contributed by atoms with Gasteiger partial charge in [0, 0.05) is 11.4 Å². The summed E-state index contributed by atoms with van der Waals surface area (Å²) in [4.78, 5) is 0.995. The Labute approximate surface area is 107 Å². The van der Waals surface area contributed by atoms with Gasteiger partial charge in [-0.1, -0.05) is 11.6 Å². The molecule has 1 aromatic rings. The first-order valence-electron chi connectivity index (χ1n) is 5.37. The van der Waals surface area contributed by atoms with Crippen LogP contribution in [0.4, 0.5) is 0 Å². The van der Waals surface area contributed by atoms with Crippen molar-refractivity contribution < 1.29 is 8.42 Å². The quantitative estimate of drug-likeness (QED) is 0.772. The lowest BCUT2D eigenvalue weighted by atomic mass is 10.3. The highest BCUT2D eigenvalue weighted by molar-refractivity contribution is 7.91. The molecule has 0 aliphatic heterocycles. The van der Waals surface area contributed by atoms with Crippen LogP contribution in [0.2, 0.25) is 0 Å². The van der Waals surface area contributed by atoms with Gasteiger partial charge in [0.05, 0.1) is 0 Å². The van der Waals surface area contributed by atoms with Crippen molar-refractivity contribution in [3.63, 3.8) is 0 Å². The molecule has 0 atom stereocenters. The van der Waals surface area contributed by atoms with Gasteiger partial charge in [0.15, 0.2) is 0 Å². The van der Waals surface area contributed by atoms with Crippen molar-refractivity contribution >= 4 is 21.4 Å². The Morgan fingerprint density at radius 3 is 2.76 bits per heavy atom. The molecule has 1 aromatic heterocycles. The molecular formula is C11H18N2O2S2. The summed E-state index contributed by atoms with van der Waals surface area (Å²) in [6.07, 6.45) is 2.56. The van der Waals surface area contributed by atoms with Crippen LogP contribution in [0, 0.1) is 0 Å². The highest BCUT2D eigenvalue weighted by Crippen LogP contribution is 2.21. The molecule has 96 valence electrons. The molecule has 1 rings (SSSR count). The first-order chi connectivity index (χ1) is 7.95. The van der Waals surface area contributed by atoms with Gasteiger partial charge in [-0.2, -0.15) is 0 Å². The number of thiophene rings is 1. The standard InChI is InChI=1S/C11H18N2O2S2/c1-9(2)6-8-13-17(14,15)11-4-3-10(16-11)5-7-12/h3-4,6,13H,5,7-8,12H2,1-2H3. The molecule has 0 amide bonds. The van der Waals surface area contributed by atoms with Crippen LogP contribution in [0.3, 0.4) is 0 Å². The third-order valence-electron chi connectivity index (χ3n) is 2.08. The Hall–Kier alpha value is -0.690. The molecule has 0 saturated carbocycles. The second-order valence-corrected chi connectivity index (χ2v) is 7.05. The topological polar surface area (TPSA) is 72.2 Å². The monoisotopic (exact) mass is 274 g/mol. The molecule has 0 aromatic carbocycles.